The largest absolute Gasteiger partial charge is 0.466 e. The van der Waals surface area contributed by atoms with E-state index in [0.29, 0.717) is 25.3 Å². The molecule has 2 N–H and O–H groups in total. The van der Waals surface area contributed by atoms with E-state index in [4.69, 9.17) is 9.84 Å². The van der Waals surface area contributed by atoms with E-state index >= 15 is 0 Å². The van der Waals surface area contributed by atoms with Crippen molar-refractivity contribution >= 4 is 11.8 Å². The third kappa shape index (κ3) is 4.80. The van der Waals surface area contributed by atoms with Crippen molar-refractivity contribution in [1.82, 2.24) is 9.97 Å². The molecule has 0 aliphatic heterocycles. The van der Waals surface area contributed by atoms with Crippen LogP contribution >= 0.6 is 0 Å². The molecule has 0 fully saturated rings. The van der Waals surface area contributed by atoms with Gasteiger partial charge in [-0.05, 0) is 20.3 Å². The number of aryl methyl sites for hydroxylation is 2. The number of hydrogen-bond donors (Lipinski definition) is 2. The van der Waals surface area contributed by atoms with Gasteiger partial charge in [0.1, 0.15) is 11.6 Å². The van der Waals surface area contributed by atoms with Gasteiger partial charge in [-0.15, -0.1) is 0 Å². The Bertz CT molecular complexity index is 545. The lowest BCUT2D eigenvalue weighted by atomic mass is 10.1. The van der Waals surface area contributed by atoms with Gasteiger partial charge < -0.3 is 15.2 Å². The third-order valence-corrected chi connectivity index (χ3v) is 3.52. The first-order valence-electron chi connectivity index (χ1n) is 7.66. The minimum Gasteiger partial charge on any atom is -0.466 e. The van der Waals surface area contributed by atoms with Gasteiger partial charge in [0.25, 0.3) is 0 Å². The predicted molar refractivity (Wildman–Crippen MR) is 83.5 cm³/mol. The minimum absolute atomic E-state index is 0.169. The van der Waals surface area contributed by atoms with E-state index in [1.165, 1.54) is 0 Å². The van der Waals surface area contributed by atoms with E-state index in [0.717, 1.165) is 17.9 Å². The van der Waals surface area contributed by atoms with Crippen LogP contribution < -0.4 is 5.32 Å². The van der Waals surface area contributed by atoms with E-state index < -0.39 is 0 Å². The Hall–Kier alpha value is -1.95. The summed E-state index contributed by atoms with van der Waals surface area (Å²) >= 11 is 0. The second kappa shape index (κ2) is 7.89. The van der Waals surface area contributed by atoms with E-state index in [1.807, 2.05) is 19.1 Å². The van der Waals surface area contributed by atoms with Crippen molar-refractivity contribution in [3.05, 3.63) is 29.7 Å². The molecule has 120 valence electrons. The van der Waals surface area contributed by atoms with Crippen LogP contribution in [0.2, 0.25) is 0 Å². The Kier molecular flexibility index (Phi) is 5.89. The van der Waals surface area contributed by atoms with Gasteiger partial charge in [0, 0.05) is 36.7 Å². The van der Waals surface area contributed by atoms with Crippen LogP contribution in [0.3, 0.4) is 0 Å². The monoisotopic (exact) mass is 305 g/mol. The highest BCUT2D eigenvalue weighted by molar-refractivity contribution is 5.69. The Labute approximate surface area is 130 Å². The number of rotatable bonds is 7. The van der Waals surface area contributed by atoms with Crippen LogP contribution in [0.4, 0.5) is 5.82 Å². The van der Waals surface area contributed by atoms with Crippen molar-refractivity contribution in [1.29, 1.82) is 0 Å². The standard InChI is InChI=1S/C16H23N3O3/c1-3-22-16(21)7-6-14-9-15(18-11(2)17-14)19-13-5-4-12(8-13)10-20/h4-5,9,12-13,20H,3,6-8,10H2,1-2H3,(H,17,18,19)/t12-,13+/m0/s1. The van der Waals surface area contributed by atoms with Gasteiger partial charge in [-0.1, -0.05) is 12.2 Å². The SMILES string of the molecule is CCOC(=O)CCc1cc(N[C@@H]2C=C[C@H](CO)C2)nc(C)n1. The molecule has 6 nitrogen and oxygen atoms in total. The first-order chi connectivity index (χ1) is 10.6. The van der Waals surface area contributed by atoms with Crippen LogP contribution in [-0.4, -0.2) is 40.3 Å². The molecular weight excluding hydrogens is 282 g/mol. The molecule has 0 saturated carbocycles. The zero-order chi connectivity index (χ0) is 15.9. The molecular formula is C16H23N3O3. The van der Waals surface area contributed by atoms with Gasteiger partial charge in [0.2, 0.25) is 0 Å². The molecule has 0 unspecified atom stereocenters. The molecule has 1 aliphatic carbocycles. The first-order valence-corrected chi connectivity index (χ1v) is 7.66. The Morgan fingerprint density at radius 2 is 2.27 bits per heavy atom. The van der Waals surface area contributed by atoms with Crippen molar-refractivity contribution in [3.63, 3.8) is 0 Å². The number of esters is 1. The smallest absolute Gasteiger partial charge is 0.306 e. The zero-order valence-corrected chi connectivity index (χ0v) is 13.1. The second-order valence-electron chi connectivity index (χ2n) is 5.41. The van der Waals surface area contributed by atoms with Crippen molar-refractivity contribution < 1.29 is 14.6 Å². The normalized spacial score (nSPS) is 20.1. The van der Waals surface area contributed by atoms with Crippen LogP contribution in [0, 0.1) is 12.8 Å². The summed E-state index contributed by atoms with van der Waals surface area (Å²) in [6.45, 7) is 4.19. The molecule has 0 spiro atoms. The fraction of sp³-hybridized carbons (Fsp3) is 0.562. The van der Waals surface area contributed by atoms with E-state index in [9.17, 15) is 4.79 Å². The summed E-state index contributed by atoms with van der Waals surface area (Å²) in [6.07, 6.45) is 5.79. The van der Waals surface area contributed by atoms with Gasteiger partial charge in [-0.3, -0.25) is 4.79 Å². The van der Waals surface area contributed by atoms with Crippen LogP contribution in [-0.2, 0) is 16.0 Å². The molecule has 6 heteroatoms. The molecule has 1 aromatic heterocycles. The lowest BCUT2D eigenvalue weighted by molar-refractivity contribution is -0.143. The Morgan fingerprint density at radius 3 is 2.95 bits per heavy atom. The molecule has 2 atom stereocenters. The fourth-order valence-corrected chi connectivity index (χ4v) is 2.50. The molecule has 1 aliphatic rings. The van der Waals surface area contributed by atoms with Crippen molar-refractivity contribution in [2.24, 2.45) is 5.92 Å². The van der Waals surface area contributed by atoms with E-state index in [-0.39, 0.29) is 24.5 Å². The minimum atomic E-state index is -0.210. The Morgan fingerprint density at radius 1 is 1.45 bits per heavy atom. The number of aromatic nitrogens is 2. The van der Waals surface area contributed by atoms with Crippen molar-refractivity contribution in [2.45, 2.75) is 39.2 Å². The number of nitrogens with zero attached hydrogens (tertiary/aromatic N) is 2. The maximum atomic E-state index is 11.4. The average Bonchev–Trinajstić information content (AvgIpc) is 2.92. The van der Waals surface area contributed by atoms with E-state index in [1.54, 1.807) is 6.92 Å². The quantitative estimate of drug-likeness (QED) is 0.588. The highest BCUT2D eigenvalue weighted by Gasteiger charge is 2.18. The van der Waals surface area contributed by atoms with E-state index in [2.05, 4.69) is 21.4 Å². The summed E-state index contributed by atoms with van der Waals surface area (Å²) < 4.78 is 4.93. The molecule has 0 radical (unpaired) electrons. The highest BCUT2D eigenvalue weighted by atomic mass is 16.5. The zero-order valence-electron chi connectivity index (χ0n) is 13.1. The van der Waals surface area contributed by atoms with Crippen molar-refractivity contribution in [2.75, 3.05) is 18.5 Å². The summed E-state index contributed by atoms with van der Waals surface area (Å²) in [5, 5.41) is 12.5. The average molecular weight is 305 g/mol. The summed E-state index contributed by atoms with van der Waals surface area (Å²) in [5.41, 5.74) is 0.823. The number of nitrogens with one attached hydrogen (secondary N) is 1. The molecule has 0 bridgehead atoms. The van der Waals surface area contributed by atoms with Crippen molar-refractivity contribution in [3.8, 4) is 0 Å². The van der Waals surface area contributed by atoms with Crippen LogP contribution in [0.25, 0.3) is 0 Å². The number of aliphatic hydroxyl groups excluding tert-OH is 1. The molecule has 2 rings (SSSR count). The van der Waals surface area contributed by atoms with Gasteiger partial charge in [0.05, 0.1) is 13.0 Å². The third-order valence-electron chi connectivity index (χ3n) is 3.52. The number of anilines is 1. The Balaban J connectivity index is 1.95. The lowest BCUT2D eigenvalue weighted by Gasteiger charge is -2.14. The van der Waals surface area contributed by atoms with Gasteiger partial charge in [-0.2, -0.15) is 0 Å². The molecule has 22 heavy (non-hydrogen) atoms. The fourth-order valence-electron chi connectivity index (χ4n) is 2.50. The molecule has 0 saturated heterocycles. The first kappa shape index (κ1) is 16.4. The predicted octanol–water partition coefficient (Wildman–Crippen LogP) is 1.63. The van der Waals surface area contributed by atoms with Gasteiger partial charge in [-0.25, -0.2) is 9.97 Å². The molecule has 1 heterocycles. The number of hydrogen-bond acceptors (Lipinski definition) is 6. The summed E-state index contributed by atoms with van der Waals surface area (Å²) in [6, 6.07) is 2.04. The maximum absolute atomic E-state index is 11.4. The number of carbonyl (C=O) groups is 1. The topological polar surface area (TPSA) is 84.3 Å². The summed E-state index contributed by atoms with van der Waals surface area (Å²) in [7, 11) is 0. The summed E-state index contributed by atoms with van der Waals surface area (Å²) in [4.78, 5) is 20.2. The van der Waals surface area contributed by atoms with Crippen LogP contribution in [0.1, 0.15) is 31.3 Å². The lowest BCUT2D eigenvalue weighted by Crippen LogP contribution is -2.18. The molecule has 1 aromatic rings. The van der Waals surface area contributed by atoms with Gasteiger partial charge in [0.15, 0.2) is 0 Å². The van der Waals surface area contributed by atoms with Crippen LogP contribution in [0.5, 0.6) is 0 Å². The highest BCUT2D eigenvalue weighted by Crippen LogP contribution is 2.20. The maximum Gasteiger partial charge on any atom is 0.306 e. The number of ether oxygens (including phenoxy) is 1. The van der Waals surface area contributed by atoms with Crippen LogP contribution in [0.15, 0.2) is 18.2 Å². The number of aliphatic hydroxyl groups is 1. The second-order valence-corrected chi connectivity index (χ2v) is 5.41. The van der Waals surface area contributed by atoms with Gasteiger partial charge >= 0.3 is 5.97 Å². The molecule has 0 aromatic carbocycles. The molecule has 0 amide bonds. The summed E-state index contributed by atoms with van der Waals surface area (Å²) in [5.74, 6) is 1.42. The number of carbonyl (C=O) groups excluding carboxylic acids is 1.